The van der Waals surface area contributed by atoms with Crippen LogP contribution in [0.15, 0.2) is 36.4 Å². The Labute approximate surface area is 210 Å². The second-order valence-electron chi connectivity index (χ2n) is 9.74. The van der Waals surface area contributed by atoms with Gasteiger partial charge in [-0.25, -0.2) is 17.6 Å². The fourth-order valence-electron chi connectivity index (χ4n) is 6.03. The van der Waals surface area contributed by atoms with Crippen LogP contribution in [0.5, 0.6) is 0 Å². The molecule has 0 spiro atoms. The van der Waals surface area contributed by atoms with Crippen molar-refractivity contribution < 1.29 is 42.1 Å². The van der Waals surface area contributed by atoms with Crippen molar-refractivity contribution in [3.63, 3.8) is 0 Å². The highest BCUT2D eigenvalue weighted by molar-refractivity contribution is 6.40. The van der Waals surface area contributed by atoms with Gasteiger partial charge >= 0.3 is 0 Å². The molecule has 2 aromatic heterocycles. The average Bonchev–Trinajstić information content (AvgIpc) is 3.51. The van der Waals surface area contributed by atoms with Gasteiger partial charge in [0.2, 0.25) is 0 Å². The molecule has 1 saturated heterocycles. The van der Waals surface area contributed by atoms with E-state index in [4.69, 9.17) is 4.74 Å². The number of ether oxygens (including phenoxy) is 1. The van der Waals surface area contributed by atoms with E-state index < -0.39 is 67.0 Å². The molecule has 0 bridgehead atoms. The molecule has 0 radical (unpaired) electrons. The zero-order chi connectivity index (χ0) is 26.6. The number of alkyl halides is 2. The molecule has 3 N–H and O–H groups in total. The van der Waals surface area contributed by atoms with Crippen LogP contribution in [0, 0.1) is 11.6 Å². The minimum absolute atomic E-state index is 0.00766. The molecular weight excluding hydrogens is 508 g/mol. The number of carbonyl (C=O) groups is 2. The maximum atomic E-state index is 14.5. The zero-order valence-electron chi connectivity index (χ0n) is 19.3. The van der Waals surface area contributed by atoms with Gasteiger partial charge in [-0.3, -0.25) is 9.59 Å². The number of Topliss-reactive ketones (excluding diaryl/α,β-unsaturated/α-hetero) is 2. The number of benzene rings is 3. The fraction of sp³-hybridized carbons (Fsp3) is 0.259. The van der Waals surface area contributed by atoms with Crippen LogP contribution in [0.3, 0.4) is 0 Å². The summed E-state index contributed by atoms with van der Waals surface area (Å²) in [4.78, 5) is 29.4. The number of nitrogens with one attached hydrogen (secondary N) is 1. The Morgan fingerprint density at radius 1 is 0.947 bits per heavy atom. The van der Waals surface area contributed by atoms with Crippen molar-refractivity contribution >= 4 is 55.2 Å². The number of aliphatic hydroxyl groups is 2. The lowest BCUT2D eigenvalue weighted by atomic mass is 9.96. The lowest BCUT2D eigenvalue weighted by Crippen LogP contribution is -2.54. The van der Waals surface area contributed by atoms with Crippen LogP contribution < -0.4 is 0 Å². The Bertz CT molecular complexity index is 1860. The van der Waals surface area contributed by atoms with Crippen LogP contribution in [-0.2, 0) is 4.74 Å². The zero-order valence-corrected chi connectivity index (χ0v) is 19.3. The average molecular weight is 526 g/mol. The first-order valence-electron chi connectivity index (χ1n) is 11.9. The molecule has 2 aliphatic rings. The van der Waals surface area contributed by atoms with Crippen molar-refractivity contribution in [1.29, 1.82) is 0 Å². The standard InChI is InChI=1S/C27H18F4N2O5/c28-8-17-22(31)25(36)26(37)27(38-17)33-14-4-2-10(30)6-12(14)19-21-16(35)7-15(34)20(21)18-11-5-9(29)1-3-13(11)32-23(18)24(19)33/h1-6,17,22,25-27,32,36-37H,7-8H2/t17-,22-,25+,26-,27?/m1/s1. The Kier molecular flexibility index (Phi) is 4.82. The number of aliphatic hydroxyl groups excluding tert-OH is 2. The van der Waals surface area contributed by atoms with E-state index in [-0.39, 0.29) is 43.8 Å². The van der Waals surface area contributed by atoms with Gasteiger partial charge in [-0.1, -0.05) is 0 Å². The fourth-order valence-corrected chi connectivity index (χ4v) is 6.03. The molecule has 3 heterocycles. The molecule has 5 aromatic rings. The van der Waals surface area contributed by atoms with Gasteiger partial charge in [0.25, 0.3) is 0 Å². The lowest BCUT2D eigenvalue weighted by molar-refractivity contribution is -0.229. The van der Waals surface area contributed by atoms with Crippen molar-refractivity contribution in [2.45, 2.75) is 37.1 Å². The van der Waals surface area contributed by atoms with Crippen LogP contribution in [0.25, 0.3) is 43.6 Å². The summed E-state index contributed by atoms with van der Waals surface area (Å²) in [5, 5.41) is 22.2. The molecule has 1 aliphatic carbocycles. The lowest BCUT2D eigenvalue weighted by Gasteiger charge is -2.39. The van der Waals surface area contributed by atoms with E-state index in [1.54, 1.807) is 0 Å². The number of aromatic amines is 1. The summed E-state index contributed by atoms with van der Waals surface area (Å²) in [7, 11) is 0. The summed E-state index contributed by atoms with van der Waals surface area (Å²) in [6.07, 6.45) is -9.80. The highest BCUT2D eigenvalue weighted by Gasteiger charge is 2.47. The molecule has 7 rings (SSSR count). The molecule has 5 atom stereocenters. The van der Waals surface area contributed by atoms with Crippen molar-refractivity contribution in [2.75, 3.05) is 6.67 Å². The van der Waals surface area contributed by atoms with Gasteiger partial charge < -0.3 is 24.5 Å². The van der Waals surface area contributed by atoms with Gasteiger partial charge in [0.15, 0.2) is 24.0 Å². The molecule has 0 amide bonds. The van der Waals surface area contributed by atoms with Crippen LogP contribution in [0.2, 0.25) is 0 Å². The van der Waals surface area contributed by atoms with E-state index in [1.807, 2.05) is 0 Å². The Balaban J connectivity index is 1.72. The van der Waals surface area contributed by atoms with E-state index in [1.165, 1.54) is 28.8 Å². The van der Waals surface area contributed by atoms with Crippen molar-refractivity contribution in [2.24, 2.45) is 0 Å². The summed E-state index contributed by atoms with van der Waals surface area (Å²) in [5.41, 5.74) is 1.15. The molecule has 38 heavy (non-hydrogen) atoms. The number of halogens is 4. The first-order valence-corrected chi connectivity index (χ1v) is 11.9. The Morgan fingerprint density at radius 2 is 1.61 bits per heavy atom. The van der Waals surface area contributed by atoms with Gasteiger partial charge in [0.05, 0.1) is 23.0 Å². The van der Waals surface area contributed by atoms with Crippen LogP contribution in [-0.4, -0.2) is 62.5 Å². The predicted octanol–water partition coefficient (Wildman–Crippen LogP) is 4.40. The molecule has 11 heteroatoms. The minimum Gasteiger partial charge on any atom is -0.387 e. The van der Waals surface area contributed by atoms with E-state index in [0.29, 0.717) is 10.9 Å². The summed E-state index contributed by atoms with van der Waals surface area (Å²) in [6, 6.07) is 7.50. The second kappa shape index (κ2) is 7.85. The Hall–Kier alpha value is -3.80. The number of hydrogen-bond donors (Lipinski definition) is 3. The highest BCUT2D eigenvalue weighted by Crippen LogP contribution is 2.47. The number of nitrogens with zero attached hydrogens (tertiary/aromatic N) is 1. The summed E-state index contributed by atoms with van der Waals surface area (Å²) < 4.78 is 64.0. The summed E-state index contributed by atoms with van der Waals surface area (Å²) >= 11 is 0. The molecular formula is C27H18F4N2O5. The largest absolute Gasteiger partial charge is 0.387 e. The summed E-state index contributed by atoms with van der Waals surface area (Å²) in [6.45, 7) is -1.29. The van der Waals surface area contributed by atoms with Gasteiger partial charge in [0.1, 0.15) is 36.6 Å². The van der Waals surface area contributed by atoms with Crippen molar-refractivity contribution in [1.82, 2.24) is 9.55 Å². The van der Waals surface area contributed by atoms with Gasteiger partial charge in [-0.15, -0.1) is 0 Å². The SMILES string of the molecule is O=C1CC(=O)c2c1c1c3cc(F)ccc3[nH]c1c1c2c2cc(F)ccc2n1C1O[C@H](CF)[C@@H](F)[C@H](O)[C@H]1O. The molecule has 1 fully saturated rings. The molecule has 1 aliphatic heterocycles. The number of hydrogen-bond acceptors (Lipinski definition) is 5. The third kappa shape index (κ3) is 2.89. The van der Waals surface area contributed by atoms with E-state index in [9.17, 15) is 37.4 Å². The third-order valence-electron chi connectivity index (χ3n) is 7.64. The number of fused-ring (bicyclic) bond motifs is 10. The maximum Gasteiger partial charge on any atom is 0.172 e. The summed E-state index contributed by atoms with van der Waals surface area (Å²) in [5.74, 6) is -2.25. The van der Waals surface area contributed by atoms with Gasteiger partial charge in [0, 0.05) is 38.2 Å². The number of ketones is 2. The number of aromatic nitrogens is 2. The van der Waals surface area contributed by atoms with Gasteiger partial charge in [-0.05, 0) is 36.4 Å². The molecule has 194 valence electrons. The van der Waals surface area contributed by atoms with Crippen molar-refractivity contribution in [3.8, 4) is 0 Å². The highest BCUT2D eigenvalue weighted by atomic mass is 19.1. The third-order valence-corrected chi connectivity index (χ3v) is 7.64. The normalized spacial score (nSPS) is 25.9. The first-order chi connectivity index (χ1) is 18.2. The number of H-pyrrole nitrogens is 1. The number of carbonyl (C=O) groups excluding carboxylic acids is 2. The second-order valence-corrected chi connectivity index (χ2v) is 9.74. The first kappa shape index (κ1) is 23.3. The molecule has 1 unspecified atom stereocenters. The van der Waals surface area contributed by atoms with Crippen LogP contribution in [0.1, 0.15) is 33.4 Å². The topological polar surface area (TPSA) is 105 Å². The monoisotopic (exact) mass is 526 g/mol. The maximum absolute atomic E-state index is 14.5. The van der Waals surface area contributed by atoms with Crippen molar-refractivity contribution in [3.05, 3.63) is 59.2 Å². The quantitative estimate of drug-likeness (QED) is 0.234. The predicted molar refractivity (Wildman–Crippen MR) is 129 cm³/mol. The Morgan fingerprint density at radius 3 is 2.32 bits per heavy atom. The van der Waals surface area contributed by atoms with Crippen LogP contribution >= 0.6 is 0 Å². The van der Waals surface area contributed by atoms with E-state index in [0.717, 1.165) is 12.1 Å². The van der Waals surface area contributed by atoms with E-state index in [2.05, 4.69) is 4.98 Å². The van der Waals surface area contributed by atoms with Gasteiger partial charge in [-0.2, -0.15) is 0 Å². The molecule has 7 nitrogen and oxygen atoms in total. The minimum atomic E-state index is -2.21. The van der Waals surface area contributed by atoms with E-state index >= 15 is 0 Å². The molecule has 0 saturated carbocycles. The number of rotatable bonds is 2. The van der Waals surface area contributed by atoms with Crippen LogP contribution in [0.4, 0.5) is 17.6 Å². The molecule has 3 aromatic carbocycles. The smallest absolute Gasteiger partial charge is 0.172 e.